The molecule has 4 aromatic rings. The largest absolute Gasteiger partial charge is 0.416 e. The van der Waals surface area contributed by atoms with Gasteiger partial charge in [-0.2, -0.15) is 22.8 Å². The van der Waals surface area contributed by atoms with Crippen LogP contribution >= 0.6 is 0 Å². The number of hydrogen-bond acceptors (Lipinski definition) is 5. The molecule has 0 saturated carbocycles. The molecule has 0 spiro atoms. The number of nitrogen functional groups attached to an aromatic ring is 1. The van der Waals surface area contributed by atoms with E-state index in [0.717, 1.165) is 12.1 Å². The minimum Gasteiger partial charge on any atom is -0.398 e. The average molecular weight is 359 g/mol. The summed E-state index contributed by atoms with van der Waals surface area (Å²) in [6.07, 6.45) is 0.504. The van der Waals surface area contributed by atoms with Gasteiger partial charge in [-0.15, -0.1) is 10.2 Å². The lowest BCUT2D eigenvalue weighted by Crippen LogP contribution is -2.06. The first-order valence-corrected chi connectivity index (χ1v) is 7.51. The minimum atomic E-state index is -4.48. The van der Waals surface area contributed by atoms with Gasteiger partial charge in [0.2, 0.25) is 0 Å². The summed E-state index contributed by atoms with van der Waals surface area (Å²) in [4.78, 5) is 4.23. The highest BCUT2D eigenvalue weighted by molar-refractivity contribution is 5.74. The summed E-state index contributed by atoms with van der Waals surface area (Å²) in [6, 6.07) is 4.77. The standard InChI is InChI=1S/C16H12F3N7/c1-25-5-4-21-14(25)9-6-13-23-24-15(26(13)22-8-9)11-7-10(16(17,18)19)2-3-12(11)20/h2-8H,20H2,1H3. The van der Waals surface area contributed by atoms with Gasteiger partial charge >= 0.3 is 6.18 Å². The van der Waals surface area contributed by atoms with E-state index in [1.54, 1.807) is 24.7 Å². The van der Waals surface area contributed by atoms with Crippen LogP contribution in [-0.4, -0.2) is 29.4 Å². The van der Waals surface area contributed by atoms with Crippen molar-refractivity contribution >= 4 is 11.3 Å². The van der Waals surface area contributed by atoms with Crippen LogP contribution in [0.4, 0.5) is 18.9 Å². The maximum absolute atomic E-state index is 13.0. The van der Waals surface area contributed by atoms with Crippen LogP contribution in [0.15, 0.2) is 42.9 Å². The summed E-state index contributed by atoms with van der Waals surface area (Å²) in [7, 11) is 1.84. The molecular formula is C16H12F3N7. The number of imidazole rings is 1. The van der Waals surface area contributed by atoms with Crippen LogP contribution in [-0.2, 0) is 13.2 Å². The fourth-order valence-electron chi connectivity index (χ4n) is 2.65. The zero-order valence-electron chi connectivity index (χ0n) is 13.4. The SMILES string of the molecule is Cn1ccnc1-c1cnn2c(-c3cc(C(F)(F)F)ccc3N)nnc2c1. The van der Waals surface area contributed by atoms with Crippen molar-refractivity contribution in [2.24, 2.45) is 7.05 Å². The molecule has 0 aliphatic rings. The summed E-state index contributed by atoms with van der Waals surface area (Å²) in [5, 5.41) is 12.2. The van der Waals surface area contributed by atoms with E-state index in [2.05, 4.69) is 20.3 Å². The van der Waals surface area contributed by atoms with Crippen LogP contribution in [0, 0.1) is 0 Å². The van der Waals surface area contributed by atoms with Crippen molar-refractivity contribution in [1.29, 1.82) is 0 Å². The van der Waals surface area contributed by atoms with Crippen molar-refractivity contribution in [1.82, 2.24) is 29.4 Å². The van der Waals surface area contributed by atoms with E-state index >= 15 is 0 Å². The third-order valence-corrected chi connectivity index (χ3v) is 3.96. The molecule has 2 N–H and O–H groups in total. The van der Waals surface area contributed by atoms with Gasteiger partial charge in [-0.1, -0.05) is 0 Å². The van der Waals surface area contributed by atoms with Gasteiger partial charge in [0.05, 0.1) is 11.8 Å². The van der Waals surface area contributed by atoms with E-state index < -0.39 is 11.7 Å². The predicted molar refractivity (Wildman–Crippen MR) is 87.8 cm³/mol. The van der Waals surface area contributed by atoms with Gasteiger partial charge in [-0.3, -0.25) is 0 Å². The van der Waals surface area contributed by atoms with Crippen LogP contribution in [0.25, 0.3) is 28.4 Å². The molecule has 0 unspecified atom stereocenters. The second kappa shape index (κ2) is 5.55. The van der Waals surface area contributed by atoms with E-state index in [1.807, 2.05) is 11.6 Å². The van der Waals surface area contributed by atoms with E-state index in [0.29, 0.717) is 17.0 Å². The summed E-state index contributed by atoms with van der Waals surface area (Å²) in [6.45, 7) is 0. The third-order valence-electron chi connectivity index (χ3n) is 3.96. The Bertz CT molecular complexity index is 1110. The Hall–Kier alpha value is -3.43. The van der Waals surface area contributed by atoms with Gasteiger partial charge < -0.3 is 10.3 Å². The number of benzene rings is 1. The molecule has 132 valence electrons. The first kappa shape index (κ1) is 16.1. The second-order valence-corrected chi connectivity index (χ2v) is 5.70. The smallest absolute Gasteiger partial charge is 0.398 e. The number of hydrogen-bond donors (Lipinski definition) is 1. The fraction of sp³-hybridized carbons (Fsp3) is 0.125. The molecule has 3 heterocycles. The maximum Gasteiger partial charge on any atom is 0.416 e. The lowest BCUT2D eigenvalue weighted by molar-refractivity contribution is -0.137. The van der Waals surface area contributed by atoms with Crippen molar-refractivity contribution in [2.75, 3.05) is 5.73 Å². The monoisotopic (exact) mass is 359 g/mol. The van der Waals surface area contributed by atoms with Crippen LogP contribution in [0.2, 0.25) is 0 Å². The van der Waals surface area contributed by atoms with Crippen molar-refractivity contribution in [3.05, 3.63) is 48.4 Å². The second-order valence-electron chi connectivity index (χ2n) is 5.70. The Labute approximate surface area is 144 Å². The van der Waals surface area contributed by atoms with E-state index in [4.69, 9.17) is 5.73 Å². The van der Waals surface area contributed by atoms with Gasteiger partial charge in [-0.25, -0.2) is 4.98 Å². The van der Waals surface area contributed by atoms with E-state index in [9.17, 15) is 13.2 Å². The normalized spacial score (nSPS) is 12.0. The van der Waals surface area contributed by atoms with Crippen LogP contribution < -0.4 is 5.73 Å². The Morgan fingerprint density at radius 2 is 1.88 bits per heavy atom. The molecule has 0 aliphatic carbocycles. The van der Waals surface area contributed by atoms with Gasteiger partial charge in [0.25, 0.3) is 0 Å². The fourth-order valence-corrected chi connectivity index (χ4v) is 2.65. The number of nitrogens with two attached hydrogens (primary N) is 1. The number of aryl methyl sites for hydroxylation is 1. The van der Waals surface area contributed by atoms with Gasteiger partial charge in [0, 0.05) is 36.3 Å². The number of rotatable bonds is 2. The molecule has 1 aromatic carbocycles. The maximum atomic E-state index is 13.0. The van der Waals surface area contributed by atoms with Crippen LogP contribution in [0.1, 0.15) is 5.56 Å². The molecule has 7 nitrogen and oxygen atoms in total. The van der Waals surface area contributed by atoms with Gasteiger partial charge in [0.15, 0.2) is 11.5 Å². The van der Waals surface area contributed by atoms with E-state index in [-0.39, 0.29) is 17.1 Å². The molecule has 26 heavy (non-hydrogen) atoms. The Morgan fingerprint density at radius 1 is 1.08 bits per heavy atom. The molecule has 0 fully saturated rings. The molecule has 0 saturated heterocycles. The molecule has 0 amide bonds. The Balaban J connectivity index is 1.85. The predicted octanol–water partition coefficient (Wildman–Crippen LogP) is 2.79. The van der Waals surface area contributed by atoms with Crippen molar-refractivity contribution in [2.45, 2.75) is 6.18 Å². The van der Waals surface area contributed by atoms with Crippen LogP contribution in [0.3, 0.4) is 0 Å². The molecule has 0 bridgehead atoms. The van der Waals surface area contributed by atoms with E-state index in [1.165, 1.54) is 10.6 Å². The zero-order valence-corrected chi connectivity index (χ0v) is 13.4. The van der Waals surface area contributed by atoms with Gasteiger partial charge in [0.1, 0.15) is 5.82 Å². The summed E-state index contributed by atoms with van der Waals surface area (Å²) >= 11 is 0. The highest BCUT2D eigenvalue weighted by atomic mass is 19.4. The van der Waals surface area contributed by atoms with Crippen molar-refractivity contribution in [3.8, 4) is 22.8 Å². The number of anilines is 1. The molecule has 3 aromatic heterocycles. The first-order chi connectivity index (χ1) is 12.3. The number of aromatic nitrogens is 6. The first-order valence-electron chi connectivity index (χ1n) is 7.51. The lowest BCUT2D eigenvalue weighted by atomic mass is 10.1. The molecule has 0 aliphatic heterocycles. The van der Waals surface area contributed by atoms with Crippen molar-refractivity contribution < 1.29 is 13.2 Å². The third kappa shape index (κ3) is 2.55. The number of halogens is 3. The molecule has 0 radical (unpaired) electrons. The zero-order chi connectivity index (χ0) is 18.5. The lowest BCUT2D eigenvalue weighted by Gasteiger charge is -2.10. The Kier molecular flexibility index (Phi) is 3.43. The summed E-state index contributed by atoms with van der Waals surface area (Å²) < 4.78 is 42.1. The molecule has 4 rings (SSSR count). The molecular weight excluding hydrogens is 347 g/mol. The number of alkyl halides is 3. The summed E-state index contributed by atoms with van der Waals surface area (Å²) in [5.74, 6) is 0.818. The van der Waals surface area contributed by atoms with Crippen molar-refractivity contribution in [3.63, 3.8) is 0 Å². The number of fused-ring (bicyclic) bond motifs is 1. The average Bonchev–Trinajstić information content (AvgIpc) is 3.19. The molecule has 0 atom stereocenters. The molecule has 10 heteroatoms. The van der Waals surface area contributed by atoms with Gasteiger partial charge in [-0.05, 0) is 24.3 Å². The highest BCUT2D eigenvalue weighted by Gasteiger charge is 2.31. The van der Waals surface area contributed by atoms with Crippen LogP contribution in [0.5, 0.6) is 0 Å². The quantitative estimate of drug-likeness (QED) is 0.556. The number of nitrogens with zero attached hydrogens (tertiary/aromatic N) is 6. The topological polar surface area (TPSA) is 86.9 Å². The summed E-state index contributed by atoms with van der Waals surface area (Å²) in [5.41, 5.74) is 6.39. The Morgan fingerprint density at radius 3 is 2.58 bits per heavy atom. The highest BCUT2D eigenvalue weighted by Crippen LogP contribution is 2.34. The minimum absolute atomic E-state index is 0.115.